The first-order valence-corrected chi connectivity index (χ1v) is 8.66. The Labute approximate surface area is 149 Å². The van der Waals surface area contributed by atoms with Gasteiger partial charge in [-0.15, -0.1) is 0 Å². The number of aryl methyl sites for hydroxylation is 2. The summed E-state index contributed by atoms with van der Waals surface area (Å²) in [5, 5.41) is 14.7. The van der Waals surface area contributed by atoms with Crippen molar-refractivity contribution in [1.82, 2.24) is 5.32 Å². The number of nitrogens with one attached hydrogen (secondary N) is 2. The minimum atomic E-state index is -0.250. The van der Waals surface area contributed by atoms with E-state index in [1.54, 1.807) is 0 Å². The van der Waals surface area contributed by atoms with Crippen molar-refractivity contribution in [3.63, 3.8) is 0 Å². The lowest BCUT2D eigenvalue weighted by Crippen LogP contribution is -2.28. The molecule has 0 saturated carbocycles. The van der Waals surface area contributed by atoms with Crippen molar-refractivity contribution in [1.29, 1.82) is 0 Å². The molecule has 0 bridgehead atoms. The average Bonchev–Trinajstić information content (AvgIpc) is 2.65. The predicted octanol–water partition coefficient (Wildman–Crippen LogP) is 3.50. The standard InChI is InChI=1S/C20H26N2O3/c1-3-15-9-10-16(4-2)18(13-15)22-20(24)21-14-17-7-5-6-8-19(17)25-12-11-23/h5-10,13,23H,3-4,11-12,14H2,1-2H3,(H2,21,22,24). The molecule has 3 N–H and O–H groups in total. The number of para-hydroxylation sites is 1. The van der Waals surface area contributed by atoms with Gasteiger partial charge in [-0.25, -0.2) is 4.79 Å². The van der Waals surface area contributed by atoms with E-state index in [1.165, 1.54) is 5.56 Å². The highest BCUT2D eigenvalue weighted by molar-refractivity contribution is 5.90. The molecule has 0 aliphatic rings. The number of hydrogen-bond donors (Lipinski definition) is 3. The highest BCUT2D eigenvalue weighted by Crippen LogP contribution is 2.20. The van der Waals surface area contributed by atoms with Gasteiger partial charge in [0.15, 0.2) is 0 Å². The molecule has 0 spiro atoms. The molecule has 0 fully saturated rings. The molecule has 2 amide bonds. The van der Waals surface area contributed by atoms with Gasteiger partial charge in [0.25, 0.3) is 0 Å². The van der Waals surface area contributed by atoms with Crippen molar-refractivity contribution in [3.8, 4) is 5.75 Å². The van der Waals surface area contributed by atoms with E-state index in [1.807, 2.05) is 30.3 Å². The van der Waals surface area contributed by atoms with Crippen molar-refractivity contribution < 1.29 is 14.6 Å². The molecule has 0 aliphatic heterocycles. The van der Waals surface area contributed by atoms with Gasteiger partial charge in [0.2, 0.25) is 0 Å². The predicted molar refractivity (Wildman–Crippen MR) is 100 cm³/mol. The number of ether oxygens (including phenoxy) is 1. The molecule has 0 heterocycles. The van der Waals surface area contributed by atoms with E-state index in [4.69, 9.17) is 9.84 Å². The van der Waals surface area contributed by atoms with Crippen LogP contribution in [0.4, 0.5) is 10.5 Å². The number of aliphatic hydroxyl groups is 1. The third kappa shape index (κ3) is 5.50. The van der Waals surface area contributed by atoms with Gasteiger partial charge in [-0.1, -0.05) is 44.2 Å². The molecule has 2 rings (SSSR count). The molecule has 5 heteroatoms. The third-order valence-corrected chi connectivity index (χ3v) is 3.97. The molecule has 25 heavy (non-hydrogen) atoms. The van der Waals surface area contributed by atoms with Crippen LogP contribution < -0.4 is 15.4 Å². The average molecular weight is 342 g/mol. The van der Waals surface area contributed by atoms with Gasteiger partial charge in [0, 0.05) is 17.8 Å². The maximum Gasteiger partial charge on any atom is 0.319 e. The van der Waals surface area contributed by atoms with Gasteiger partial charge in [-0.3, -0.25) is 0 Å². The quantitative estimate of drug-likeness (QED) is 0.687. The molecule has 0 unspecified atom stereocenters. The normalized spacial score (nSPS) is 10.4. The fourth-order valence-electron chi connectivity index (χ4n) is 2.56. The zero-order chi connectivity index (χ0) is 18.1. The van der Waals surface area contributed by atoms with Gasteiger partial charge in [0.05, 0.1) is 6.61 Å². The summed E-state index contributed by atoms with van der Waals surface area (Å²) in [6, 6.07) is 13.4. The first-order chi connectivity index (χ1) is 12.2. The lowest BCUT2D eigenvalue weighted by atomic mass is 10.1. The smallest absolute Gasteiger partial charge is 0.319 e. The number of hydrogen-bond acceptors (Lipinski definition) is 3. The van der Waals surface area contributed by atoms with Crippen LogP contribution in [0.3, 0.4) is 0 Å². The minimum Gasteiger partial charge on any atom is -0.491 e. The number of amides is 2. The Bertz CT molecular complexity index is 701. The zero-order valence-corrected chi connectivity index (χ0v) is 14.8. The van der Waals surface area contributed by atoms with Crippen LogP contribution in [-0.4, -0.2) is 24.4 Å². The van der Waals surface area contributed by atoms with Crippen LogP contribution in [0, 0.1) is 0 Å². The fraction of sp³-hybridized carbons (Fsp3) is 0.350. The second-order valence-corrected chi connectivity index (χ2v) is 5.69. The van der Waals surface area contributed by atoms with Crippen LogP contribution in [0.1, 0.15) is 30.5 Å². The van der Waals surface area contributed by atoms with Crippen molar-refractivity contribution in [2.75, 3.05) is 18.5 Å². The number of carbonyl (C=O) groups is 1. The molecule has 5 nitrogen and oxygen atoms in total. The van der Waals surface area contributed by atoms with Gasteiger partial charge in [0.1, 0.15) is 12.4 Å². The summed E-state index contributed by atoms with van der Waals surface area (Å²) in [5.74, 6) is 0.666. The maximum absolute atomic E-state index is 12.3. The van der Waals surface area contributed by atoms with Crippen LogP contribution >= 0.6 is 0 Å². The summed E-state index contributed by atoms with van der Waals surface area (Å²) < 4.78 is 5.48. The first kappa shape index (κ1) is 18.8. The van der Waals surface area contributed by atoms with Crippen molar-refractivity contribution in [3.05, 3.63) is 59.2 Å². The molecule has 0 atom stereocenters. The maximum atomic E-state index is 12.3. The Balaban J connectivity index is 2.00. The molecule has 0 aliphatic carbocycles. The van der Waals surface area contributed by atoms with Crippen molar-refractivity contribution >= 4 is 11.7 Å². The van der Waals surface area contributed by atoms with Crippen molar-refractivity contribution in [2.24, 2.45) is 0 Å². The van der Waals surface area contributed by atoms with Crippen molar-refractivity contribution in [2.45, 2.75) is 33.2 Å². The third-order valence-electron chi connectivity index (χ3n) is 3.97. The van der Waals surface area contributed by atoms with Crippen LogP contribution in [-0.2, 0) is 19.4 Å². The zero-order valence-electron chi connectivity index (χ0n) is 14.8. The highest BCUT2D eigenvalue weighted by atomic mass is 16.5. The number of carbonyl (C=O) groups excluding carboxylic acids is 1. The number of benzene rings is 2. The van der Waals surface area contributed by atoms with Gasteiger partial charge < -0.3 is 20.5 Å². The fourth-order valence-corrected chi connectivity index (χ4v) is 2.56. The summed E-state index contributed by atoms with van der Waals surface area (Å²) in [6.07, 6.45) is 1.79. The van der Waals surface area contributed by atoms with Gasteiger partial charge in [-0.05, 0) is 36.1 Å². The van der Waals surface area contributed by atoms with E-state index < -0.39 is 0 Å². The summed E-state index contributed by atoms with van der Waals surface area (Å²) in [4.78, 5) is 12.3. The SMILES string of the molecule is CCc1ccc(CC)c(NC(=O)NCc2ccccc2OCCO)c1. The molecule has 0 saturated heterocycles. The first-order valence-electron chi connectivity index (χ1n) is 8.66. The minimum absolute atomic E-state index is 0.0458. The molecular weight excluding hydrogens is 316 g/mol. The number of urea groups is 1. The summed E-state index contributed by atoms with van der Waals surface area (Å²) in [5.41, 5.74) is 4.02. The van der Waals surface area contributed by atoms with Gasteiger partial charge in [-0.2, -0.15) is 0 Å². The Morgan fingerprint density at radius 2 is 1.88 bits per heavy atom. The highest BCUT2D eigenvalue weighted by Gasteiger charge is 2.08. The Hall–Kier alpha value is -2.53. The lowest BCUT2D eigenvalue weighted by Gasteiger charge is -2.14. The van der Waals surface area contributed by atoms with Crippen LogP contribution in [0.5, 0.6) is 5.75 Å². The monoisotopic (exact) mass is 342 g/mol. The van der Waals surface area contributed by atoms with E-state index >= 15 is 0 Å². The van der Waals surface area contributed by atoms with Gasteiger partial charge >= 0.3 is 6.03 Å². The lowest BCUT2D eigenvalue weighted by molar-refractivity contribution is 0.200. The second kappa shape index (κ2) is 9.69. The number of aliphatic hydroxyl groups excluding tert-OH is 1. The molecule has 2 aromatic rings. The molecule has 134 valence electrons. The van der Waals surface area contributed by atoms with Crippen LogP contribution in [0.2, 0.25) is 0 Å². The summed E-state index contributed by atoms with van der Waals surface area (Å²) in [6.45, 7) is 4.69. The topological polar surface area (TPSA) is 70.6 Å². The number of rotatable bonds is 8. The van der Waals surface area contributed by atoms with E-state index in [-0.39, 0.29) is 19.2 Å². The van der Waals surface area contributed by atoms with E-state index in [0.29, 0.717) is 12.3 Å². The van der Waals surface area contributed by atoms with Crippen LogP contribution in [0.25, 0.3) is 0 Å². The second-order valence-electron chi connectivity index (χ2n) is 5.69. The summed E-state index contributed by atoms with van der Waals surface area (Å²) in [7, 11) is 0. The van der Waals surface area contributed by atoms with Crippen LogP contribution in [0.15, 0.2) is 42.5 Å². The molecule has 0 radical (unpaired) electrons. The van der Waals surface area contributed by atoms with E-state index in [2.05, 4.69) is 36.6 Å². The summed E-state index contributed by atoms with van der Waals surface area (Å²) >= 11 is 0. The largest absolute Gasteiger partial charge is 0.491 e. The number of anilines is 1. The Kier molecular flexibility index (Phi) is 7.29. The molecular formula is C20H26N2O3. The Morgan fingerprint density at radius 3 is 2.60 bits per heavy atom. The van der Waals surface area contributed by atoms with E-state index in [9.17, 15) is 4.79 Å². The molecule has 0 aromatic heterocycles. The Morgan fingerprint density at radius 1 is 1.08 bits per heavy atom. The van der Waals surface area contributed by atoms with E-state index in [0.717, 1.165) is 29.7 Å². The molecule has 2 aromatic carbocycles.